The molecule has 0 spiro atoms. The van der Waals surface area contributed by atoms with E-state index in [0.29, 0.717) is 18.2 Å². The SMILES string of the molecule is CCOC(=O)NCCC(=O)NC1CCN(c2cc(Cl)ccc2OC)C1. The van der Waals surface area contributed by atoms with Crippen LogP contribution in [-0.4, -0.2) is 51.4 Å². The first-order valence-electron chi connectivity index (χ1n) is 8.32. The zero-order valence-corrected chi connectivity index (χ0v) is 15.3. The monoisotopic (exact) mass is 369 g/mol. The zero-order valence-electron chi connectivity index (χ0n) is 14.5. The molecule has 1 aliphatic rings. The summed E-state index contributed by atoms with van der Waals surface area (Å²) >= 11 is 6.08. The molecular formula is C17H24ClN3O4. The largest absolute Gasteiger partial charge is 0.495 e. The molecule has 2 N–H and O–H groups in total. The molecule has 8 heteroatoms. The Kier molecular flexibility index (Phi) is 7.18. The highest BCUT2D eigenvalue weighted by Crippen LogP contribution is 2.33. The number of hydrogen-bond acceptors (Lipinski definition) is 5. The number of carbonyl (C=O) groups excluding carboxylic acids is 2. The van der Waals surface area contributed by atoms with Gasteiger partial charge in [-0.25, -0.2) is 4.79 Å². The first-order valence-corrected chi connectivity index (χ1v) is 8.69. The third kappa shape index (κ3) is 5.70. The van der Waals surface area contributed by atoms with Crippen LogP contribution in [0, 0.1) is 0 Å². The van der Waals surface area contributed by atoms with Gasteiger partial charge in [0.05, 0.1) is 19.4 Å². The van der Waals surface area contributed by atoms with Crippen molar-refractivity contribution in [2.24, 2.45) is 0 Å². The minimum absolute atomic E-state index is 0.0544. The van der Waals surface area contributed by atoms with Gasteiger partial charge in [-0.05, 0) is 31.5 Å². The number of ether oxygens (including phenoxy) is 2. The third-order valence-electron chi connectivity index (χ3n) is 3.93. The van der Waals surface area contributed by atoms with E-state index in [2.05, 4.69) is 15.5 Å². The van der Waals surface area contributed by atoms with Crippen LogP contribution in [0.3, 0.4) is 0 Å². The molecule has 2 amide bonds. The molecule has 25 heavy (non-hydrogen) atoms. The van der Waals surface area contributed by atoms with E-state index in [1.807, 2.05) is 12.1 Å². The topological polar surface area (TPSA) is 79.9 Å². The molecule has 0 aliphatic carbocycles. The van der Waals surface area contributed by atoms with Gasteiger partial charge in [0.1, 0.15) is 5.75 Å². The summed E-state index contributed by atoms with van der Waals surface area (Å²) in [5, 5.41) is 6.17. The van der Waals surface area contributed by atoms with E-state index in [1.54, 1.807) is 20.1 Å². The molecule has 1 aromatic rings. The normalized spacial score (nSPS) is 16.4. The van der Waals surface area contributed by atoms with E-state index in [0.717, 1.165) is 24.4 Å². The second kappa shape index (κ2) is 9.36. The number of rotatable bonds is 7. The Morgan fingerprint density at radius 1 is 1.40 bits per heavy atom. The lowest BCUT2D eigenvalue weighted by Crippen LogP contribution is -2.39. The summed E-state index contributed by atoms with van der Waals surface area (Å²) in [6.07, 6.45) is 0.554. The molecule has 1 atom stereocenters. The van der Waals surface area contributed by atoms with Gasteiger partial charge in [-0.15, -0.1) is 0 Å². The highest BCUT2D eigenvalue weighted by atomic mass is 35.5. The van der Waals surface area contributed by atoms with E-state index < -0.39 is 6.09 Å². The number of alkyl carbamates (subject to hydrolysis) is 1. The van der Waals surface area contributed by atoms with Crippen molar-refractivity contribution >= 4 is 29.3 Å². The highest BCUT2D eigenvalue weighted by Gasteiger charge is 2.26. The Morgan fingerprint density at radius 2 is 2.20 bits per heavy atom. The lowest BCUT2D eigenvalue weighted by Gasteiger charge is -2.21. The molecule has 1 fully saturated rings. The summed E-state index contributed by atoms with van der Waals surface area (Å²) in [6, 6.07) is 5.55. The molecule has 1 aromatic carbocycles. The maximum Gasteiger partial charge on any atom is 0.407 e. The first-order chi connectivity index (χ1) is 12.0. The van der Waals surface area contributed by atoms with Crippen LogP contribution in [0.5, 0.6) is 5.75 Å². The smallest absolute Gasteiger partial charge is 0.407 e. The fourth-order valence-electron chi connectivity index (χ4n) is 2.77. The van der Waals surface area contributed by atoms with Crippen LogP contribution in [0.4, 0.5) is 10.5 Å². The lowest BCUT2D eigenvalue weighted by molar-refractivity contribution is -0.121. The van der Waals surface area contributed by atoms with Gasteiger partial charge in [-0.1, -0.05) is 11.6 Å². The van der Waals surface area contributed by atoms with Crippen LogP contribution in [0.2, 0.25) is 5.02 Å². The van der Waals surface area contributed by atoms with Gasteiger partial charge < -0.3 is 25.0 Å². The van der Waals surface area contributed by atoms with E-state index in [9.17, 15) is 9.59 Å². The number of methoxy groups -OCH3 is 1. The van der Waals surface area contributed by atoms with Crippen LogP contribution < -0.4 is 20.3 Å². The molecule has 1 unspecified atom stereocenters. The number of amides is 2. The van der Waals surface area contributed by atoms with Crippen LogP contribution in [0.25, 0.3) is 0 Å². The maximum atomic E-state index is 12.0. The van der Waals surface area contributed by atoms with E-state index in [-0.39, 0.29) is 24.9 Å². The molecule has 1 heterocycles. The Balaban J connectivity index is 1.80. The number of hydrogen-bond donors (Lipinski definition) is 2. The zero-order chi connectivity index (χ0) is 18.2. The predicted molar refractivity (Wildman–Crippen MR) is 96.4 cm³/mol. The number of nitrogens with one attached hydrogen (secondary N) is 2. The van der Waals surface area contributed by atoms with Crippen LogP contribution in [0.1, 0.15) is 19.8 Å². The summed E-state index contributed by atoms with van der Waals surface area (Å²) in [5.41, 5.74) is 0.927. The molecule has 0 bridgehead atoms. The van der Waals surface area contributed by atoms with Gasteiger partial charge in [-0.3, -0.25) is 4.79 Å². The Morgan fingerprint density at radius 3 is 2.92 bits per heavy atom. The molecule has 1 saturated heterocycles. The second-order valence-electron chi connectivity index (χ2n) is 5.71. The van der Waals surface area contributed by atoms with Crippen LogP contribution in [0.15, 0.2) is 18.2 Å². The van der Waals surface area contributed by atoms with Crippen molar-refractivity contribution in [2.75, 3.05) is 38.3 Å². The van der Waals surface area contributed by atoms with E-state index in [1.165, 1.54) is 0 Å². The molecule has 138 valence electrons. The molecule has 0 radical (unpaired) electrons. The summed E-state index contributed by atoms with van der Waals surface area (Å²) in [6.45, 7) is 3.79. The van der Waals surface area contributed by atoms with Crippen molar-refractivity contribution in [1.29, 1.82) is 0 Å². The summed E-state index contributed by atoms with van der Waals surface area (Å²) in [7, 11) is 1.62. The molecule has 2 rings (SSSR count). The Labute approximate surface area is 152 Å². The molecule has 1 aliphatic heterocycles. The van der Waals surface area contributed by atoms with Crippen molar-refractivity contribution in [3.8, 4) is 5.75 Å². The number of carbonyl (C=O) groups is 2. The summed E-state index contributed by atoms with van der Waals surface area (Å²) < 4.78 is 10.1. The summed E-state index contributed by atoms with van der Waals surface area (Å²) in [4.78, 5) is 25.3. The molecular weight excluding hydrogens is 346 g/mol. The number of nitrogens with zero attached hydrogens (tertiary/aromatic N) is 1. The third-order valence-corrected chi connectivity index (χ3v) is 4.17. The quantitative estimate of drug-likeness (QED) is 0.770. The van der Waals surface area contributed by atoms with Gasteiger partial charge in [-0.2, -0.15) is 0 Å². The minimum atomic E-state index is -0.504. The molecule has 0 saturated carbocycles. The number of anilines is 1. The Hall–Kier alpha value is -2.15. The van der Waals surface area contributed by atoms with Crippen molar-refractivity contribution in [3.05, 3.63) is 23.2 Å². The maximum absolute atomic E-state index is 12.0. The van der Waals surface area contributed by atoms with Crippen molar-refractivity contribution in [2.45, 2.75) is 25.8 Å². The predicted octanol–water partition coefficient (Wildman–Crippen LogP) is 2.18. The van der Waals surface area contributed by atoms with Crippen LogP contribution >= 0.6 is 11.6 Å². The van der Waals surface area contributed by atoms with Gasteiger partial charge in [0.2, 0.25) is 5.91 Å². The van der Waals surface area contributed by atoms with Gasteiger partial charge in [0.25, 0.3) is 0 Å². The van der Waals surface area contributed by atoms with E-state index >= 15 is 0 Å². The standard InChI is InChI=1S/C17H24ClN3O4/c1-3-25-17(23)19-8-6-16(22)20-13-7-9-21(11-13)14-10-12(18)4-5-15(14)24-2/h4-5,10,13H,3,6-9,11H2,1-2H3,(H,19,23)(H,20,22). The van der Waals surface area contributed by atoms with Crippen LogP contribution in [-0.2, 0) is 9.53 Å². The highest BCUT2D eigenvalue weighted by molar-refractivity contribution is 6.30. The number of benzene rings is 1. The van der Waals surface area contributed by atoms with Crippen molar-refractivity contribution in [3.63, 3.8) is 0 Å². The van der Waals surface area contributed by atoms with Gasteiger partial charge in [0, 0.05) is 37.1 Å². The fraction of sp³-hybridized carbons (Fsp3) is 0.529. The first kappa shape index (κ1) is 19.2. The minimum Gasteiger partial charge on any atom is -0.495 e. The average Bonchev–Trinajstić information content (AvgIpc) is 3.03. The second-order valence-corrected chi connectivity index (χ2v) is 6.15. The van der Waals surface area contributed by atoms with Crippen molar-refractivity contribution in [1.82, 2.24) is 10.6 Å². The fourth-order valence-corrected chi connectivity index (χ4v) is 2.93. The van der Waals surface area contributed by atoms with E-state index in [4.69, 9.17) is 21.1 Å². The van der Waals surface area contributed by atoms with Gasteiger partial charge >= 0.3 is 6.09 Å². The summed E-state index contributed by atoms with van der Waals surface area (Å²) in [5.74, 6) is 0.664. The van der Waals surface area contributed by atoms with Crippen molar-refractivity contribution < 1.29 is 19.1 Å². The average molecular weight is 370 g/mol. The Bertz CT molecular complexity index is 612. The molecule has 0 aromatic heterocycles. The lowest BCUT2D eigenvalue weighted by atomic mass is 10.2. The number of halogens is 1. The molecule has 7 nitrogen and oxygen atoms in total. The van der Waals surface area contributed by atoms with Gasteiger partial charge in [0.15, 0.2) is 0 Å².